The first-order valence-electron chi connectivity index (χ1n) is 8.49. The van der Waals surface area contributed by atoms with Crippen molar-refractivity contribution in [2.75, 3.05) is 32.1 Å². The maximum absolute atomic E-state index is 13.1. The van der Waals surface area contributed by atoms with E-state index in [1.807, 2.05) is 31.1 Å². The molecule has 0 fully saturated rings. The molecule has 1 amide bonds. The highest BCUT2D eigenvalue weighted by Gasteiger charge is 2.21. The summed E-state index contributed by atoms with van der Waals surface area (Å²) >= 11 is 7.51. The molecule has 0 unspecified atom stereocenters. The molecule has 140 valence electrons. The van der Waals surface area contributed by atoms with E-state index in [1.54, 1.807) is 35.2 Å². The lowest BCUT2D eigenvalue weighted by Crippen LogP contribution is -2.36. The molecule has 0 aliphatic heterocycles. The third kappa shape index (κ3) is 4.53. The number of hydrogen-bond acceptors (Lipinski definition) is 5. The summed E-state index contributed by atoms with van der Waals surface area (Å²) in [5.74, 6) is -0.168. The molecule has 0 saturated carbocycles. The van der Waals surface area contributed by atoms with Gasteiger partial charge in [-0.1, -0.05) is 35.1 Å². The van der Waals surface area contributed by atoms with Crippen LogP contribution in [0.4, 0.5) is 5.13 Å². The van der Waals surface area contributed by atoms with Gasteiger partial charge < -0.3 is 4.90 Å². The van der Waals surface area contributed by atoms with E-state index < -0.39 is 0 Å². The number of anilines is 1. The van der Waals surface area contributed by atoms with Crippen LogP contribution in [-0.2, 0) is 0 Å². The summed E-state index contributed by atoms with van der Waals surface area (Å²) < 4.78 is 0.937. The smallest absolute Gasteiger partial charge is 0.260 e. The zero-order chi connectivity index (χ0) is 19.6. The Bertz CT molecular complexity index is 983. The Labute approximate surface area is 167 Å². The van der Waals surface area contributed by atoms with Crippen LogP contribution in [0.15, 0.2) is 42.5 Å². The lowest BCUT2D eigenvalue weighted by molar-refractivity contribution is 0.0981. The van der Waals surface area contributed by atoms with Crippen molar-refractivity contribution in [1.29, 1.82) is 0 Å². The van der Waals surface area contributed by atoms with E-state index in [2.05, 4.69) is 4.98 Å². The third-order valence-corrected chi connectivity index (χ3v) is 5.40. The van der Waals surface area contributed by atoms with Crippen LogP contribution in [0.1, 0.15) is 27.6 Å². The minimum Gasteiger partial charge on any atom is -0.308 e. The van der Waals surface area contributed by atoms with Gasteiger partial charge in [-0.25, -0.2) is 4.98 Å². The summed E-state index contributed by atoms with van der Waals surface area (Å²) in [4.78, 5) is 32.9. The van der Waals surface area contributed by atoms with Gasteiger partial charge in [-0.05, 0) is 51.4 Å². The Morgan fingerprint density at radius 2 is 1.70 bits per heavy atom. The van der Waals surface area contributed by atoms with Crippen molar-refractivity contribution in [1.82, 2.24) is 9.88 Å². The maximum Gasteiger partial charge on any atom is 0.260 e. The Balaban J connectivity index is 1.95. The van der Waals surface area contributed by atoms with Gasteiger partial charge in [0.25, 0.3) is 5.91 Å². The molecule has 0 aliphatic rings. The number of Topliss-reactive ketones (excluding diaryl/α,β-unsaturated/α-hetero) is 1. The van der Waals surface area contributed by atoms with Crippen molar-refractivity contribution in [3.05, 3.63) is 58.6 Å². The highest BCUT2D eigenvalue weighted by atomic mass is 35.5. The lowest BCUT2D eigenvalue weighted by atomic mass is 10.1. The third-order valence-electron chi connectivity index (χ3n) is 4.12. The zero-order valence-electron chi connectivity index (χ0n) is 15.4. The lowest BCUT2D eigenvalue weighted by Gasteiger charge is -2.22. The van der Waals surface area contributed by atoms with E-state index >= 15 is 0 Å². The van der Waals surface area contributed by atoms with Gasteiger partial charge in [0.2, 0.25) is 0 Å². The Hall–Kier alpha value is -2.28. The number of carbonyl (C=O) groups is 2. The number of halogens is 1. The first kappa shape index (κ1) is 19.5. The molecule has 0 saturated heterocycles. The summed E-state index contributed by atoms with van der Waals surface area (Å²) in [7, 11) is 3.92. The Morgan fingerprint density at radius 3 is 2.33 bits per heavy atom. The molecule has 2 aromatic carbocycles. The molecular weight excluding hydrogens is 382 g/mol. The largest absolute Gasteiger partial charge is 0.308 e. The Kier molecular flexibility index (Phi) is 5.89. The summed E-state index contributed by atoms with van der Waals surface area (Å²) in [5, 5.41) is 1.28. The summed E-state index contributed by atoms with van der Waals surface area (Å²) in [6, 6.07) is 12.2. The number of carbonyl (C=O) groups excluding carboxylic acids is 2. The van der Waals surface area contributed by atoms with Crippen LogP contribution < -0.4 is 4.90 Å². The number of aromatic nitrogens is 1. The van der Waals surface area contributed by atoms with Gasteiger partial charge in [0, 0.05) is 29.2 Å². The predicted octanol–water partition coefficient (Wildman–Crippen LogP) is 4.36. The van der Waals surface area contributed by atoms with Gasteiger partial charge in [-0.15, -0.1) is 0 Å². The number of rotatable bonds is 6. The molecule has 1 heterocycles. The second-order valence-electron chi connectivity index (χ2n) is 6.50. The molecule has 5 nitrogen and oxygen atoms in total. The molecule has 27 heavy (non-hydrogen) atoms. The topological polar surface area (TPSA) is 53.5 Å². The number of thiazole rings is 1. The number of nitrogens with zero attached hydrogens (tertiary/aromatic N) is 3. The molecule has 0 atom stereocenters. The molecule has 0 spiro atoms. The van der Waals surface area contributed by atoms with Crippen molar-refractivity contribution in [2.24, 2.45) is 0 Å². The number of hydrogen-bond donors (Lipinski definition) is 0. The van der Waals surface area contributed by atoms with Crippen molar-refractivity contribution >= 4 is 50.0 Å². The SMILES string of the molecule is CC(=O)c1ccc(C(=O)N(CCN(C)C)c2nc3ccc(Cl)cc3s2)cc1. The standard InChI is InChI=1S/C20H20ClN3O2S/c1-13(25)14-4-6-15(7-5-14)19(26)24(11-10-23(2)3)20-22-17-9-8-16(21)12-18(17)27-20/h4-9,12H,10-11H2,1-3H3. The highest BCUT2D eigenvalue weighted by Crippen LogP contribution is 2.31. The molecule has 0 bridgehead atoms. The van der Waals surface area contributed by atoms with Gasteiger partial charge in [0.05, 0.1) is 10.2 Å². The van der Waals surface area contributed by atoms with Gasteiger partial charge in [-0.3, -0.25) is 14.5 Å². The van der Waals surface area contributed by atoms with E-state index in [0.717, 1.165) is 10.2 Å². The fourth-order valence-electron chi connectivity index (χ4n) is 2.59. The van der Waals surface area contributed by atoms with Gasteiger partial charge in [0.1, 0.15) is 0 Å². The van der Waals surface area contributed by atoms with Crippen LogP contribution in [0, 0.1) is 0 Å². The van der Waals surface area contributed by atoms with Gasteiger partial charge in [0.15, 0.2) is 10.9 Å². The van der Waals surface area contributed by atoms with Crippen LogP contribution in [0.5, 0.6) is 0 Å². The quantitative estimate of drug-likeness (QED) is 0.576. The zero-order valence-corrected chi connectivity index (χ0v) is 17.0. The van der Waals surface area contributed by atoms with Crippen LogP contribution in [-0.4, -0.2) is 48.8 Å². The summed E-state index contributed by atoms with van der Waals surface area (Å²) in [6.07, 6.45) is 0. The molecular formula is C20H20ClN3O2S. The summed E-state index contributed by atoms with van der Waals surface area (Å²) in [6.45, 7) is 2.72. The maximum atomic E-state index is 13.1. The number of likely N-dealkylation sites (N-methyl/N-ethyl adjacent to an activating group) is 1. The first-order chi connectivity index (χ1) is 12.8. The van der Waals surface area contributed by atoms with Crippen LogP contribution in [0.3, 0.4) is 0 Å². The summed E-state index contributed by atoms with van der Waals surface area (Å²) in [5.41, 5.74) is 1.92. The predicted molar refractivity (Wildman–Crippen MR) is 111 cm³/mol. The van der Waals surface area contributed by atoms with Gasteiger partial charge >= 0.3 is 0 Å². The van der Waals surface area contributed by atoms with Crippen LogP contribution >= 0.6 is 22.9 Å². The monoisotopic (exact) mass is 401 g/mol. The van der Waals surface area contributed by atoms with Gasteiger partial charge in [-0.2, -0.15) is 0 Å². The van der Waals surface area contributed by atoms with Crippen molar-refractivity contribution in [3.63, 3.8) is 0 Å². The van der Waals surface area contributed by atoms with E-state index in [9.17, 15) is 9.59 Å². The minimum absolute atomic E-state index is 0.0264. The number of benzene rings is 2. The molecule has 3 rings (SSSR count). The van der Waals surface area contributed by atoms with Crippen LogP contribution in [0.25, 0.3) is 10.2 Å². The van der Waals surface area contributed by atoms with E-state index in [0.29, 0.717) is 34.4 Å². The van der Waals surface area contributed by atoms with E-state index in [-0.39, 0.29) is 11.7 Å². The molecule has 0 N–H and O–H groups in total. The highest BCUT2D eigenvalue weighted by molar-refractivity contribution is 7.22. The molecule has 0 aliphatic carbocycles. The molecule has 1 aromatic heterocycles. The normalized spacial score (nSPS) is 11.1. The van der Waals surface area contributed by atoms with E-state index in [1.165, 1.54) is 18.3 Å². The van der Waals surface area contributed by atoms with Crippen molar-refractivity contribution in [3.8, 4) is 0 Å². The van der Waals surface area contributed by atoms with Crippen molar-refractivity contribution < 1.29 is 9.59 Å². The fourth-order valence-corrected chi connectivity index (χ4v) is 3.86. The molecule has 7 heteroatoms. The second-order valence-corrected chi connectivity index (χ2v) is 7.95. The Morgan fingerprint density at radius 1 is 1.04 bits per heavy atom. The number of amides is 1. The van der Waals surface area contributed by atoms with Crippen molar-refractivity contribution in [2.45, 2.75) is 6.92 Å². The minimum atomic E-state index is -0.142. The second kappa shape index (κ2) is 8.17. The fraction of sp³-hybridized carbons (Fsp3) is 0.250. The molecule has 3 aromatic rings. The average molecular weight is 402 g/mol. The van der Waals surface area contributed by atoms with Crippen LogP contribution in [0.2, 0.25) is 5.02 Å². The number of fused-ring (bicyclic) bond motifs is 1. The first-order valence-corrected chi connectivity index (χ1v) is 9.68. The number of ketones is 1. The van der Waals surface area contributed by atoms with E-state index in [4.69, 9.17) is 11.6 Å². The average Bonchev–Trinajstić information content (AvgIpc) is 3.04. The molecule has 0 radical (unpaired) electrons.